The first-order valence-electron chi connectivity index (χ1n) is 7.77. The van der Waals surface area contributed by atoms with Gasteiger partial charge in [-0.1, -0.05) is 31.0 Å². The van der Waals surface area contributed by atoms with E-state index < -0.39 is 12.0 Å². The number of para-hydroxylation sites is 1. The highest BCUT2D eigenvalue weighted by Gasteiger charge is 2.27. The summed E-state index contributed by atoms with van der Waals surface area (Å²) in [5, 5.41) is 10.8. The number of hydrogen-bond donors (Lipinski definition) is 2. The van der Waals surface area contributed by atoms with Gasteiger partial charge in [0.15, 0.2) is 0 Å². The van der Waals surface area contributed by atoms with Crippen molar-refractivity contribution in [2.24, 2.45) is 0 Å². The Kier molecular flexibility index (Phi) is 4.25. The van der Waals surface area contributed by atoms with Crippen LogP contribution in [0.3, 0.4) is 0 Å². The highest BCUT2D eigenvalue weighted by molar-refractivity contribution is 5.84. The maximum Gasteiger partial charge on any atom is 0.321 e. The minimum atomic E-state index is -0.706. The van der Waals surface area contributed by atoms with Gasteiger partial charge in [0, 0.05) is 23.5 Å². The fraction of sp³-hybridized carbons (Fsp3) is 0.471. The molecule has 4 nitrogen and oxygen atoms in total. The van der Waals surface area contributed by atoms with Crippen molar-refractivity contribution < 1.29 is 9.90 Å². The molecule has 1 aromatic carbocycles. The summed E-state index contributed by atoms with van der Waals surface area (Å²) in [7, 11) is 0. The van der Waals surface area contributed by atoms with Gasteiger partial charge >= 0.3 is 5.97 Å². The molecule has 1 saturated heterocycles. The maximum atomic E-state index is 11.7. The van der Waals surface area contributed by atoms with Crippen molar-refractivity contribution in [3.8, 4) is 0 Å². The smallest absolute Gasteiger partial charge is 0.321 e. The first kappa shape index (κ1) is 14.1. The summed E-state index contributed by atoms with van der Waals surface area (Å²) in [6.45, 7) is 1.80. The van der Waals surface area contributed by atoms with Crippen LogP contribution in [-0.4, -0.2) is 40.1 Å². The highest BCUT2D eigenvalue weighted by atomic mass is 16.4. The van der Waals surface area contributed by atoms with Crippen molar-refractivity contribution in [2.75, 3.05) is 13.1 Å². The van der Waals surface area contributed by atoms with Crippen molar-refractivity contribution in [1.29, 1.82) is 0 Å². The van der Waals surface area contributed by atoms with Crippen LogP contribution in [0.1, 0.15) is 31.2 Å². The van der Waals surface area contributed by atoms with Crippen LogP contribution in [0.2, 0.25) is 0 Å². The van der Waals surface area contributed by atoms with Gasteiger partial charge in [-0.3, -0.25) is 9.69 Å². The van der Waals surface area contributed by atoms with Crippen LogP contribution >= 0.6 is 0 Å². The number of nitrogens with zero attached hydrogens (tertiary/aromatic N) is 1. The van der Waals surface area contributed by atoms with E-state index in [0.717, 1.165) is 42.4 Å². The molecule has 1 unspecified atom stereocenters. The van der Waals surface area contributed by atoms with E-state index in [9.17, 15) is 9.90 Å². The molecule has 0 amide bonds. The molecule has 1 aromatic heterocycles. The van der Waals surface area contributed by atoms with Crippen molar-refractivity contribution >= 4 is 16.9 Å². The Morgan fingerprint density at radius 1 is 1.19 bits per heavy atom. The lowest BCUT2D eigenvalue weighted by atomic mass is 10.0. The quantitative estimate of drug-likeness (QED) is 0.908. The topological polar surface area (TPSA) is 56.3 Å². The van der Waals surface area contributed by atoms with Crippen LogP contribution < -0.4 is 0 Å². The molecular weight excluding hydrogens is 264 g/mol. The fourth-order valence-corrected chi connectivity index (χ4v) is 3.29. The zero-order chi connectivity index (χ0) is 14.7. The third kappa shape index (κ3) is 3.10. The van der Waals surface area contributed by atoms with Gasteiger partial charge in [0.2, 0.25) is 0 Å². The number of aromatic amines is 1. The number of carboxylic acid groups (broad SMARTS) is 1. The van der Waals surface area contributed by atoms with Crippen molar-refractivity contribution in [3.05, 3.63) is 36.0 Å². The molecule has 0 radical (unpaired) electrons. The van der Waals surface area contributed by atoms with E-state index in [2.05, 4.69) is 16.0 Å². The molecule has 112 valence electrons. The molecule has 0 spiro atoms. The lowest BCUT2D eigenvalue weighted by Gasteiger charge is -2.27. The van der Waals surface area contributed by atoms with Gasteiger partial charge in [-0.2, -0.15) is 0 Å². The first-order chi connectivity index (χ1) is 10.3. The monoisotopic (exact) mass is 286 g/mol. The zero-order valence-corrected chi connectivity index (χ0v) is 12.2. The molecule has 0 saturated carbocycles. The minimum absolute atomic E-state index is 0.415. The molecule has 2 N–H and O–H groups in total. The zero-order valence-electron chi connectivity index (χ0n) is 12.2. The first-order valence-corrected chi connectivity index (χ1v) is 7.77. The molecule has 1 atom stereocenters. The van der Waals surface area contributed by atoms with E-state index in [1.165, 1.54) is 12.8 Å². The molecule has 1 fully saturated rings. The second kappa shape index (κ2) is 6.31. The van der Waals surface area contributed by atoms with Crippen LogP contribution in [0.25, 0.3) is 10.9 Å². The average Bonchev–Trinajstić information content (AvgIpc) is 2.70. The SMILES string of the molecule is O=C(O)C(Cc1c[nH]c2ccccc12)N1CCCCCC1. The Balaban J connectivity index is 1.83. The van der Waals surface area contributed by atoms with E-state index >= 15 is 0 Å². The molecule has 0 bridgehead atoms. The number of carbonyl (C=O) groups is 1. The predicted molar refractivity (Wildman–Crippen MR) is 83.5 cm³/mol. The number of hydrogen-bond acceptors (Lipinski definition) is 2. The molecule has 0 aliphatic carbocycles. The standard InChI is InChI=1S/C17H22N2O2/c20-17(21)16(19-9-5-1-2-6-10-19)11-13-12-18-15-8-4-3-7-14(13)15/h3-4,7-8,12,16,18H,1-2,5-6,9-11H2,(H,20,21). The molecule has 4 heteroatoms. The van der Waals surface area contributed by atoms with E-state index in [-0.39, 0.29) is 0 Å². The number of nitrogens with one attached hydrogen (secondary N) is 1. The van der Waals surface area contributed by atoms with Gasteiger partial charge < -0.3 is 10.1 Å². The van der Waals surface area contributed by atoms with Gasteiger partial charge in [0.25, 0.3) is 0 Å². The number of carboxylic acids is 1. The number of H-pyrrole nitrogens is 1. The lowest BCUT2D eigenvalue weighted by molar-refractivity contribution is -0.143. The third-order valence-electron chi connectivity index (χ3n) is 4.45. The van der Waals surface area contributed by atoms with E-state index in [4.69, 9.17) is 0 Å². The van der Waals surface area contributed by atoms with Crippen molar-refractivity contribution in [2.45, 2.75) is 38.1 Å². The average molecular weight is 286 g/mol. The Morgan fingerprint density at radius 2 is 1.90 bits per heavy atom. The predicted octanol–water partition coefficient (Wildman–Crippen LogP) is 3.04. The van der Waals surface area contributed by atoms with Gasteiger partial charge in [0.1, 0.15) is 6.04 Å². The number of fused-ring (bicyclic) bond motifs is 1. The van der Waals surface area contributed by atoms with E-state index in [1.807, 2.05) is 24.4 Å². The van der Waals surface area contributed by atoms with Gasteiger partial charge in [-0.25, -0.2) is 0 Å². The third-order valence-corrected chi connectivity index (χ3v) is 4.45. The summed E-state index contributed by atoms with van der Waals surface area (Å²) >= 11 is 0. The molecule has 2 heterocycles. The molecule has 3 rings (SSSR count). The molecule has 1 aliphatic rings. The Bertz CT molecular complexity index is 612. The van der Waals surface area contributed by atoms with Crippen molar-refractivity contribution in [3.63, 3.8) is 0 Å². The van der Waals surface area contributed by atoms with E-state index in [0.29, 0.717) is 6.42 Å². The maximum absolute atomic E-state index is 11.7. The molecule has 21 heavy (non-hydrogen) atoms. The molecule has 1 aliphatic heterocycles. The summed E-state index contributed by atoms with van der Waals surface area (Å²) in [4.78, 5) is 17.1. The molecular formula is C17H22N2O2. The second-order valence-electron chi connectivity index (χ2n) is 5.87. The van der Waals surface area contributed by atoms with Crippen LogP contribution in [0, 0.1) is 0 Å². The summed E-state index contributed by atoms with van der Waals surface area (Å²) in [5.74, 6) is -0.706. The summed E-state index contributed by atoms with van der Waals surface area (Å²) in [6.07, 6.45) is 7.18. The largest absolute Gasteiger partial charge is 0.480 e. The van der Waals surface area contributed by atoms with E-state index in [1.54, 1.807) is 0 Å². The van der Waals surface area contributed by atoms with Crippen molar-refractivity contribution in [1.82, 2.24) is 9.88 Å². The number of likely N-dealkylation sites (tertiary alicyclic amines) is 1. The number of benzene rings is 1. The van der Waals surface area contributed by atoms with Crippen LogP contribution in [0.5, 0.6) is 0 Å². The van der Waals surface area contributed by atoms with Gasteiger partial charge in [-0.15, -0.1) is 0 Å². The molecule has 2 aromatic rings. The minimum Gasteiger partial charge on any atom is -0.480 e. The number of rotatable bonds is 4. The van der Waals surface area contributed by atoms with Crippen LogP contribution in [0.4, 0.5) is 0 Å². The summed E-state index contributed by atoms with van der Waals surface area (Å²) in [6, 6.07) is 7.67. The summed E-state index contributed by atoms with van der Waals surface area (Å²) < 4.78 is 0. The van der Waals surface area contributed by atoms with Gasteiger partial charge in [-0.05, 0) is 37.6 Å². The fourth-order valence-electron chi connectivity index (χ4n) is 3.29. The normalized spacial score (nSPS) is 18.5. The van der Waals surface area contributed by atoms with Crippen LogP contribution in [-0.2, 0) is 11.2 Å². The van der Waals surface area contributed by atoms with Gasteiger partial charge in [0.05, 0.1) is 0 Å². The number of aliphatic carboxylic acids is 1. The Hall–Kier alpha value is -1.81. The summed E-state index contributed by atoms with van der Waals surface area (Å²) in [5.41, 5.74) is 2.18. The van der Waals surface area contributed by atoms with Crippen LogP contribution in [0.15, 0.2) is 30.5 Å². The number of aromatic nitrogens is 1. The lowest BCUT2D eigenvalue weighted by Crippen LogP contribution is -2.43. The highest BCUT2D eigenvalue weighted by Crippen LogP contribution is 2.22. The Morgan fingerprint density at radius 3 is 2.62 bits per heavy atom. The Labute approximate surface area is 124 Å². The second-order valence-corrected chi connectivity index (χ2v) is 5.87.